The molecule has 30 heavy (non-hydrogen) atoms. The van der Waals surface area contributed by atoms with Crippen LogP contribution in [0.25, 0.3) is 0 Å². The number of carbonyl (C=O) groups is 1. The van der Waals surface area contributed by atoms with E-state index in [0.717, 1.165) is 30.1 Å². The van der Waals surface area contributed by atoms with Gasteiger partial charge >= 0.3 is 0 Å². The topological polar surface area (TPSA) is 63.2 Å². The van der Waals surface area contributed by atoms with Crippen LogP contribution < -0.4 is 15.4 Å². The van der Waals surface area contributed by atoms with Crippen molar-refractivity contribution in [3.05, 3.63) is 59.9 Å². The molecule has 3 rings (SSSR count). The molecule has 2 atom stereocenters. The summed E-state index contributed by atoms with van der Waals surface area (Å²) in [7, 11) is 0. The molecule has 0 spiro atoms. The van der Waals surface area contributed by atoms with E-state index in [1.165, 1.54) is 12.8 Å². The van der Waals surface area contributed by atoms with Crippen LogP contribution in [0, 0.1) is 11.8 Å². The van der Waals surface area contributed by atoms with Crippen molar-refractivity contribution in [2.75, 3.05) is 13.1 Å². The standard InChI is InChI=1S/C23H31N3O2.2ClH/c1-17(19-9-12-24-13-10-19)14-23(27)26-18(2)20-6-5-8-22(15-20)28-16-21-7-3-4-11-25-21;;/h3-8,11,15,17-19,24H,9-10,12-14,16H2,1-2H3,(H,26,27);2*1H. The SMILES string of the molecule is CC(NC(=O)CC(C)C1CCNCC1)c1cccc(OCc2ccccn2)c1.Cl.Cl. The molecule has 7 heteroatoms. The molecule has 1 aliphatic rings. The third-order valence-electron chi connectivity index (χ3n) is 5.54. The maximum atomic E-state index is 12.5. The summed E-state index contributed by atoms with van der Waals surface area (Å²) in [5.74, 6) is 1.97. The lowest BCUT2D eigenvalue weighted by atomic mass is 9.84. The summed E-state index contributed by atoms with van der Waals surface area (Å²) in [6.45, 7) is 6.78. The minimum Gasteiger partial charge on any atom is -0.487 e. The van der Waals surface area contributed by atoms with Crippen LogP contribution in [0.15, 0.2) is 48.7 Å². The van der Waals surface area contributed by atoms with Gasteiger partial charge in [0.15, 0.2) is 0 Å². The van der Waals surface area contributed by atoms with Gasteiger partial charge in [0, 0.05) is 12.6 Å². The zero-order chi connectivity index (χ0) is 19.8. The monoisotopic (exact) mass is 453 g/mol. The average molecular weight is 454 g/mol. The van der Waals surface area contributed by atoms with Crippen LogP contribution in [-0.2, 0) is 11.4 Å². The zero-order valence-electron chi connectivity index (χ0n) is 17.7. The summed E-state index contributed by atoms with van der Waals surface area (Å²) in [6, 6.07) is 13.6. The Morgan fingerprint density at radius 2 is 1.93 bits per heavy atom. The zero-order valence-corrected chi connectivity index (χ0v) is 19.3. The van der Waals surface area contributed by atoms with Gasteiger partial charge in [-0.2, -0.15) is 0 Å². The van der Waals surface area contributed by atoms with Gasteiger partial charge in [0.05, 0.1) is 11.7 Å². The summed E-state index contributed by atoms with van der Waals surface area (Å²) in [5.41, 5.74) is 1.93. The van der Waals surface area contributed by atoms with Crippen molar-refractivity contribution >= 4 is 30.7 Å². The molecule has 0 bridgehead atoms. The molecule has 0 radical (unpaired) electrons. The van der Waals surface area contributed by atoms with Gasteiger partial charge in [0.2, 0.25) is 5.91 Å². The van der Waals surface area contributed by atoms with E-state index >= 15 is 0 Å². The molecule has 1 saturated heterocycles. The van der Waals surface area contributed by atoms with E-state index in [9.17, 15) is 4.79 Å². The molecule has 2 aromatic rings. The number of amides is 1. The Morgan fingerprint density at radius 3 is 2.63 bits per heavy atom. The lowest BCUT2D eigenvalue weighted by Crippen LogP contribution is -2.34. The highest BCUT2D eigenvalue weighted by atomic mass is 35.5. The van der Waals surface area contributed by atoms with Gasteiger partial charge in [-0.3, -0.25) is 9.78 Å². The number of pyridine rings is 1. The van der Waals surface area contributed by atoms with Crippen molar-refractivity contribution in [3.63, 3.8) is 0 Å². The molecule has 166 valence electrons. The maximum absolute atomic E-state index is 12.5. The number of ether oxygens (including phenoxy) is 1. The lowest BCUT2D eigenvalue weighted by molar-refractivity contribution is -0.123. The van der Waals surface area contributed by atoms with Gasteiger partial charge in [0.25, 0.3) is 0 Å². The van der Waals surface area contributed by atoms with Gasteiger partial charge < -0.3 is 15.4 Å². The number of halogens is 2. The molecular formula is C23H33Cl2N3O2. The quantitative estimate of drug-likeness (QED) is 0.607. The smallest absolute Gasteiger partial charge is 0.220 e. The van der Waals surface area contributed by atoms with Gasteiger partial charge in [-0.25, -0.2) is 0 Å². The third kappa shape index (κ3) is 8.13. The molecule has 0 aliphatic carbocycles. The Kier molecular flexibility index (Phi) is 11.8. The van der Waals surface area contributed by atoms with E-state index in [1.807, 2.05) is 49.4 Å². The number of hydrogen-bond acceptors (Lipinski definition) is 4. The second-order valence-corrected chi connectivity index (χ2v) is 7.74. The Balaban J connectivity index is 0.00000225. The molecule has 1 aliphatic heterocycles. The fraction of sp³-hybridized carbons (Fsp3) is 0.478. The summed E-state index contributed by atoms with van der Waals surface area (Å²) >= 11 is 0. The molecule has 0 saturated carbocycles. The van der Waals surface area contributed by atoms with Crippen LogP contribution in [0.5, 0.6) is 5.75 Å². The van der Waals surface area contributed by atoms with Gasteiger partial charge in [-0.05, 0) is 74.5 Å². The van der Waals surface area contributed by atoms with E-state index in [1.54, 1.807) is 6.20 Å². The molecular weight excluding hydrogens is 421 g/mol. The predicted molar refractivity (Wildman–Crippen MR) is 125 cm³/mol. The van der Waals surface area contributed by atoms with Gasteiger partial charge in [-0.1, -0.05) is 25.1 Å². The first-order chi connectivity index (χ1) is 13.6. The Labute approximate surface area is 192 Å². The van der Waals surface area contributed by atoms with Gasteiger partial charge in [-0.15, -0.1) is 24.8 Å². The van der Waals surface area contributed by atoms with E-state index in [2.05, 4.69) is 22.5 Å². The number of hydrogen-bond donors (Lipinski definition) is 2. The van der Waals surface area contributed by atoms with Crippen LogP contribution in [0.4, 0.5) is 0 Å². The molecule has 2 heterocycles. The number of nitrogens with one attached hydrogen (secondary N) is 2. The van der Waals surface area contributed by atoms with Crippen molar-refractivity contribution in [1.29, 1.82) is 0 Å². The van der Waals surface area contributed by atoms with E-state index < -0.39 is 0 Å². The van der Waals surface area contributed by atoms with Crippen molar-refractivity contribution in [1.82, 2.24) is 15.6 Å². The average Bonchev–Trinajstić information content (AvgIpc) is 2.73. The van der Waals surface area contributed by atoms with Crippen LogP contribution in [0.2, 0.25) is 0 Å². The first kappa shape index (κ1) is 26.2. The number of rotatable bonds is 8. The van der Waals surface area contributed by atoms with Crippen molar-refractivity contribution in [2.24, 2.45) is 11.8 Å². The molecule has 2 N–H and O–H groups in total. The summed E-state index contributed by atoms with van der Waals surface area (Å²) in [5, 5.41) is 6.53. The molecule has 1 amide bonds. The van der Waals surface area contributed by atoms with E-state index in [4.69, 9.17) is 4.74 Å². The molecule has 1 aromatic carbocycles. The highest BCUT2D eigenvalue weighted by molar-refractivity contribution is 5.85. The highest BCUT2D eigenvalue weighted by Crippen LogP contribution is 2.25. The second-order valence-electron chi connectivity index (χ2n) is 7.74. The van der Waals surface area contributed by atoms with Crippen LogP contribution in [-0.4, -0.2) is 24.0 Å². The van der Waals surface area contributed by atoms with E-state index in [-0.39, 0.29) is 36.8 Å². The van der Waals surface area contributed by atoms with Crippen molar-refractivity contribution < 1.29 is 9.53 Å². The first-order valence-electron chi connectivity index (χ1n) is 10.2. The molecule has 2 unspecified atom stereocenters. The van der Waals surface area contributed by atoms with Crippen LogP contribution in [0.3, 0.4) is 0 Å². The molecule has 1 aromatic heterocycles. The van der Waals surface area contributed by atoms with Crippen LogP contribution in [0.1, 0.15) is 50.4 Å². The Bertz CT molecular complexity index is 755. The number of carbonyl (C=O) groups excluding carboxylic acids is 1. The third-order valence-corrected chi connectivity index (χ3v) is 5.54. The second kappa shape index (κ2) is 13.5. The van der Waals surface area contributed by atoms with E-state index in [0.29, 0.717) is 24.9 Å². The number of benzene rings is 1. The van der Waals surface area contributed by atoms with Crippen molar-refractivity contribution in [3.8, 4) is 5.75 Å². The minimum atomic E-state index is -0.0499. The van der Waals surface area contributed by atoms with Gasteiger partial charge in [0.1, 0.15) is 12.4 Å². The normalized spacial score (nSPS) is 15.8. The fourth-order valence-electron chi connectivity index (χ4n) is 3.77. The summed E-state index contributed by atoms with van der Waals surface area (Å²) < 4.78 is 5.85. The fourth-order valence-corrected chi connectivity index (χ4v) is 3.77. The van der Waals surface area contributed by atoms with Crippen molar-refractivity contribution in [2.45, 2.75) is 45.8 Å². The largest absolute Gasteiger partial charge is 0.487 e. The number of piperidine rings is 1. The lowest BCUT2D eigenvalue weighted by Gasteiger charge is -2.28. The Hall–Kier alpha value is -1.82. The summed E-state index contributed by atoms with van der Waals surface area (Å²) in [6.07, 6.45) is 4.68. The molecule has 1 fully saturated rings. The molecule has 5 nitrogen and oxygen atoms in total. The van der Waals surface area contributed by atoms with Crippen LogP contribution >= 0.6 is 24.8 Å². The number of nitrogens with zero attached hydrogens (tertiary/aromatic N) is 1. The predicted octanol–water partition coefficient (Wildman–Crippen LogP) is 4.71. The Morgan fingerprint density at radius 1 is 1.17 bits per heavy atom. The maximum Gasteiger partial charge on any atom is 0.220 e. The number of aromatic nitrogens is 1. The minimum absolute atomic E-state index is 0. The summed E-state index contributed by atoms with van der Waals surface area (Å²) in [4.78, 5) is 16.8. The highest BCUT2D eigenvalue weighted by Gasteiger charge is 2.22. The first-order valence-corrected chi connectivity index (χ1v) is 10.2.